The lowest BCUT2D eigenvalue weighted by Crippen LogP contribution is -2.06. The molecule has 0 atom stereocenters. The lowest BCUT2D eigenvalue weighted by Gasteiger charge is -2.06. The Morgan fingerprint density at radius 1 is 0.913 bits per heavy atom. The number of benzene rings is 1. The lowest BCUT2D eigenvalue weighted by molar-refractivity contribution is -0.145. The van der Waals surface area contributed by atoms with Gasteiger partial charge in [0.15, 0.2) is 0 Å². The maximum absolute atomic E-state index is 11.6. The van der Waals surface area contributed by atoms with Crippen LogP contribution < -0.4 is 4.74 Å². The van der Waals surface area contributed by atoms with Crippen molar-refractivity contribution in [2.75, 3.05) is 13.7 Å². The van der Waals surface area contributed by atoms with Gasteiger partial charge in [0.1, 0.15) is 12.4 Å². The van der Waals surface area contributed by atoms with Gasteiger partial charge in [0, 0.05) is 12.8 Å². The standard InChI is InChI=1S/C18H26O5/c1-3-13-22-17(19)7-5-4-6-8-18(20)23-14-15-9-11-16(21-2)12-10-15/h9-12H,3-8,13-14H2,1-2H3. The van der Waals surface area contributed by atoms with E-state index in [1.807, 2.05) is 31.2 Å². The van der Waals surface area contributed by atoms with Gasteiger partial charge in [0.25, 0.3) is 0 Å². The van der Waals surface area contributed by atoms with Gasteiger partial charge in [-0.15, -0.1) is 0 Å². The number of rotatable bonds is 11. The maximum Gasteiger partial charge on any atom is 0.306 e. The Hall–Kier alpha value is -2.04. The number of hydrogen-bond acceptors (Lipinski definition) is 5. The lowest BCUT2D eigenvalue weighted by atomic mass is 10.1. The van der Waals surface area contributed by atoms with Crippen molar-refractivity contribution in [1.82, 2.24) is 0 Å². The minimum Gasteiger partial charge on any atom is -0.497 e. The summed E-state index contributed by atoms with van der Waals surface area (Å²) in [4.78, 5) is 22.9. The van der Waals surface area contributed by atoms with Crippen LogP contribution in [0.2, 0.25) is 0 Å². The average Bonchev–Trinajstić information content (AvgIpc) is 2.58. The molecular weight excluding hydrogens is 296 g/mol. The highest BCUT2D eigenvalue weighted by Gasteiger charge is 2.05. The van der Waals surface area contributed by atoms with Crippen LogP contribution in [0.15, 0.2) is 24.3 Å². The molecule has 0 aliphatic carbocycles. The third-order valence-corrected chi connectivity index (χ3v) is 3.29. The van der Waals surface area contributed by atoms with Crippen LogP contribution in [0, 0.1) is 0 Å². The largest absolute Gasteiger partial charge is 0.497 e. The smallest absolute Gasteiger partial charge is 0.306 e. The van der Waals surface area contributed by atoms with E-state index in [2.05, 4.69) is 0 Å². The van der Waals surface area contributed by atoms with E-state index < -0.39 is 0 Å². The fraction of sp³-hybridized carbons (Fsp3) is 0.556. The third-order valence-electron chi connectivity index (χ3n) is 3.29. The van der Waals surface area contributed by atoms with Crippen molar-refractivity contribution < 1.29 is 23.8 Å². The molecule has 0 heterocycles. The van der Waals surface area contributed by atoms with Gasteiger partial charge in [-0.3, -0.25) is 9.59 Å². The van der Waals surface area contributed by atoms with Crippen LogP contribution in [-0.2, 0) is 25.7 Å². The predicted octanol–water partition coefficient (Wildman–Crippen LogP) is 3.64. The number of esters is 2. The summed E-state index contributed by atoms with van der Waals surface area (Å²) in [6.07, 6.45) is 3.92. The Kier molecular flexibility index (Phi) is 9.52. The molecule has 0 bridgehead atoms. The van der Waals surface area contributed by atoms with Crippen LogP contribution in [0.5, 0.6) is 5.75 Å². The highest BCUT2D eigenvalue weighted by atomic mass is 16.5. The van der Waals surface area contributed by atoms with Crippen molar-refractivity contribution in [2.24, 2.45) is 0 Å². The van der Waals surface area contributed by atoms with Gasteiger partial charge < -0.3 is 14.2 Å². The summed E-state index contributed by atoms with van der Waals surface area (Å²) in [5, 5.41) is 0. The molecule has 0 aliphatic rings. The van der Waals surface area contributed by atoms with E-state index in [9.17, 15) is 9.59 Å². The SMILES string of the molecule is CCCOC(=O)CCCCCC(=O)OCc1ccc(OC)cc1. The van der Waals surface area contributed by atoms with Gasteiger partial charge in [-0.1, -0.05) is 25.5 Å². The van der Waals surface area contributed by atoms with E-state index in [0.29, 0.717) is 19.4 Å². The number of unbranched alkanes of at least 4 members (excludes halogenated alkanes) is 2. The number of carbonyl (C=O) groups excluding carboxylic acids is 2. The number of methoxy groups -OCH3 is 1. The van der Waals surface area contributed by atoms with Crippen LogP contribution in [0.3, 0.4) is 0 Å². The first kappa shape index (κ1) is 19.0. The number of carbonyl (C=O) groups is 2. The van der Waals surface area contributed by atoms with Crippen LogP contribution in [-0.4, -0.2) is 25.7 Å². The molecule has 5 heteroatoms. The molecule has 0 N–H and O–H groups in total. The molecule has 5 nitrogen and oxygen atoms in total. The third kappa shape index (κ3) is 8.86. The van der Waals surface area contributed by atoms with Gasteiger partial charge >= 0.3 is 11.9 Å². The zero-order chi connectivity index (χ0) is 16.9. The molecule has 0 saturated heterocycles. The van der Waals surface area contributed by atoms with E-state index in [4.69, 9.17) is 14.2 Å². The van der Waals surface area contributed by atoms with Crippen LogP contribution in [0.4, 0.5) is 0 Å². The van der Waals surface area contributed by atoms with E-state index in [1.165, 1.54) is 0 Å². The van der Waals surface area contributed by atoms with E-state index in [0.717, 1.165) is 37.0 Å². The molecule has 0 aromatic heterocycles. The summed E-state index contributed by atoms with van der Waals surface area (Å²) >= 11 is 0. The van der Waals surface area contributed by atoms with Crippen molar-refractivity contribution in [3.8, 4) is 5.75 Å². The highest BCUT2D eigenvalue weighted by Crippen LogP contribution is 2.12. The molecule has 0 fully saturated rings. The van der Waals surface area contributed by atoms with Crippen LogP contribution >= 0.6 is 0 Å². The van der Waals surface area contributed by atoms with Gasteiger partial charge in [-0.2, -0.15) is 0 Å². The quantitative estimate of drug-likeness (QED) is 0.460. The fourth-order valence-electron chi connectivity index (χ4n) is 1.96. The second-order valence-corrected chi connectivity index (χ2v) is 5.29. The van der Waals surface area contributed by atoms with Gasteiger partial charge in [0.2, 0.25) is 0 Å². The van der Waals surface area contributed by atoms with Gasteiger partial charge in [0.05, 0.1) is 13.7 Å². The normalized spacial score (nSPS) is 10.2. The highest BCUT2D eigenvalue weighted by molar-refractivity contribution is 5.69. The molecular formula is C18H26O5. The molecule has 128 valence electrons. The molecule has 0 radical (unpaired) electrons. The molecule has 0 unspecified atom stereocenters. The second kappa shape index (κ2) is 11.5. The Morgan fingerprint density at radius 3 is 2.09 bits per heavy atom. The van der Waals surface area contributed by atoms with Crippen LogP contribution in [0.25, 0.3) is 0 Å². The predicted molar refractivity (Wildman–Crippen MR) is 87.1 cm³/mol. The number of ether oxygens (including phenoxy) is 3. The molecule has 1 aromatic rings. The van der Waals surface area contributed by atoms with Crippen molar-refractivity contribution in [3.63, 3.8) is 0 Å². The first-order valence-corrected chi connectivity index (χ1v) is 8.10. The summed E-state index contributed by atoms with van der Waals surface area (Å²) in [5.74, 6) is 0.404. The first-order chi connectivity index (χ1) is 11.2. The minimum atomic E-state index is -0.214. The molecule has 0 saturated carbocycles. The summed E-state index contributed by atoms with van der Waals surface area (Å²) < 4.78 is 15.3. The summed E-state index contributed by atoms with van der Waals surface area (Å²) in [7, 11) is 1.61. The summed E-state index contributed by atoms with van der Waals surface area (Å²) in [5.41, 5.74) is 0.929. The molecule has 23 heavy (non-hydrogen) atoms. The van der Waals surface area contributed by atoms with Crippen LogP contribution in [0.1, 0.15) is 51.0 Å². The van der Waals surface area contributed by atoms with Crippen molar-refractivity contribution >= 4 is 11.9 Å². The molecule has 1 aromatic carbocycles. The fourth-order valence-corrected chi connectivity index (χ4v) is 1.96. The maximum atomic E-state index is 11.6. The van der Waals surface area contributed by atoms with E-state index >= 15 is 0 Å². The Morgan fingerprint density at radius 2 is 1.52 bits per heavy atom. The summed E-state index contributed by atoms with van der Waals surface area (Å²) in [6, 6.07) is 7.41. The molecule has 0 aliphatic heterocycles. The Balaban J connectivity index is 2.06. The topological polar surface area (TPSA) is 61.8 Å². The average molecular weight is 322 g/mol. The monoisotopic (exact) mass is 322 g/mol. The second-order valence-electron chi connectivity index (χ2n) is 5.29. The van der Waals surface area contributed by atoms with E-state index in [-0.39, 0.29) is 18.5 Å². The van der Waals surface area contributed by atoms with Crippen molar-refractivity contribution in [3.05, 3.63) is 29.8 Å². The Labute approximate surface area is 137 Å². The van der Waals surface area contributed by atoms with Crippen molar-refractivity contribution in [1.29, 1.82) is 0 Å². The van der Waals surface area contributed by atoms with E-state index in [1.54, 1.807) is 7.11 Å². The minimum absolute atomic E-state index is 0.158. The van der Waals surface area contributed by atoms with Crippen molar-refractivity contribution in [2.45, 2.75) is 52.1 Å². The zero-order valence-corrected chi connectivity index (χ0v) is 14.0. The zero-order valence-electron chi connectivity index (χ0n) is 14.0. The number of hydrogen-bond donors (Lipinski definition) is 0. The first-order valence-electron chi connectivity index (χ1n) is 8.10. The Bertz CT molecular complexity index is 467. The molecule has 0 amide bonds. The summed E-state index contributed by atoms with van der Waals surface area (Å²) in [6.45, 7) is 2.72. The molecule has 1 rings (SSSR count). The van der Waals surface area contributed by atoms with Gasteiger partial charge in [-0.25, -0.2) is 0 Å². The van der Waals surface area contributed by atoms with Gasteiger partial charge in [-0.05, 0) is 37.0 Å². The molecule has 0 spiro atoms.